The number of piperidine rings is 2. The molecule has 4 heterocycles. The third-order valence-electron chi connectivity index (χ3n) is 7.10. The highest BCUT2D eigenvalue weighted by Crippen LogP contribution is 2.32. The number of nitrogens with one attached hydrogen (secondary N) is 1. The van der Waals surface area contributed by atoms with Crippen molar-refractivity contribution in [2.24, 2.45) is 5.92 Å². The lowest BCUT2D eigenvalue weighted by Gasteiger charge is -2.34. The van der Waals surface area contributed by atoms with Gasteiger partial charge in [-0.25, -0.2) is 4.39 Å². The van der Waals surface area contributed by atoms with Gasteiger partial charge in [0, 0.05) is 55.5 Å². The van der Waals surface area contributed by atoms with Gasteiger partial charge in [-0.2, -0.15) is 0 Å². The average molecular weight is 467 g/mol. The highest BCUT2D eigenvalue weighted by molar-refractivity contribution is 6.05. The topological polar surface area (TPSA) is 103 Å². The Labute approximate surface area is 196 Å². The molecule has 3 aliphatic heterocycles. The van der Waals surface area contributed by atoms with Crippen molar-refractivity contribution in [1.82, 2.24) is 20.1 Å². The number of likely N-dealkylation sites (tertiary alicyclic amines) is 1. The third-order valence-corrected chi connectivity index (χ3v) is 7.10. The molecule has 2 fully saturated rings. The molecule has 2 aromatic rings. The van der Waals surface area contributed by atoms with Gasteiger partial charge in [-0.15, -0.1) is 0 Å². The van der Waals surface area contributed by atoms with Crippen LogP contribution in [0.25, 0.3) is 11.3 Å². The molecular weight excluding hydrogens is 439 g/mol. The van der Waals surface area contributed by atoms with Gasteiger partial charge < -0.3 is 10.0 Å². The minimum Gasteiger partial charge on any atom is -0.393 e. The van der Waals surface area contributed by atoms with Gasteiger partial charge >= 0.3 is 0 Å². The highest BCUT2D eigenvalue weighted by atomic mass is 19.1. The maximum atomic E-state index is 15.5. The second-order valence-corrected chi connectivity index (χ2v) is 9.47. The van der Waals surface area contributed by atoms with Gasteiger partial charge in [0.1, 0.15) is 11.7 Å². The molecule has 0 spiro atoms. The van der Waals surface area contributed by atoms with Gasteiger partial charge in [0.05, 0.1) is 6.10 Å². The lowest BCUT2D eigenvalue weighted by Crippen LogP contribution is -2.52. The molecule has 3 amide bonds. The van der Waals surface area contributed by atoms with Crippen molar-refractivity contribution in [3.63, 3.8) is 0 Å². The first-order valence-corrected chi connectivity index (χ1v) is 11.6. The summed E-state index contributed by atoms with van der Waals surface area (Å²) >= 11 is 0. The quantitative estimate of drug-likeness (QED) is 0.667. The summed E-state index contributed by atoms with van der Waals surface area (Å²) in [6, 6.07) is 6.08. The van der Waals surface area contributed by atoms with Crippen molar-refractivity contribution < 1.29 is 23.9 Å². The van der Waals surface area contributed by atoms with Gasteiger partial charge in [-0.3, -0.25) is 29.6 Å². The molecule has 0 aliphatic carbocycles. The highest BCUT2D eigenvalue weighted by Gasteiger charge is 2.39. The molecule has 0 radical (unpaired) electrons. The van der Waals surface area contributed by atoms with E-state index in [1.165, 1.54) is 4.90 Å². The summed E-state index contributed by atoms with van der Waals surface area (Å²) in [6.07, 6.45) is 2.43. The Balaban J connectivity index is 1.37. The number of hydrogen-bond donors (Lipinski definition) is 2. The van der Waals surface area contributed by atoms with Crippen LogP contribution in [0.2, 0.25) is 0 Å². The van der Waals surface area contributed by atoms with Crippen LogP contribution in [0, 0.1) is 11.7 Å². The molecule has 1 aromatic carbocycles. The number of carbonyl (C=O) groups excluding carboxylic acids is 3. The zero-order valence-corrected chi connectivity index (χ0v) is 19.0. The van der Waals surface area contributed by atoms with E-state index in [-0.39, 0.29) is 42.5 Å². The number of fused-ring (bicyclic) bond motifs is 1. The molecule has 1 aromatic heterocycles. The lowest BCUT2D eigenvalue weighted by atomic mass is 9.96. The molecule has 2 saturated heterocycles. The molecule has 2 N–H and O–H groups in total. The van der Waals surface area contributed by atoms with Crippen molar-refractivity contribution in [2.75, 3.05) is 13.1 Å². The molecule has 0 bridgehead atoms. The van der Waals surface area contributed by atoms with Crippen molar-refractivity contribution in [2.45, 2.75) is 51.4 Å². The van der Waals surface area contributed by atoms with E-state index in [4.69, 9.17) is 0 Å². The number of hydrogen-bond acceptors (Lipinski definition) is 6. The Hall–Kier alpha value is -3.17. The van der Waals surface area contributed by atoms with Gasteiger partial charge in [-0.05, 0) is 42.5 Å². The summed E-state index contributed by atoms with van der Waals surface area (Å²) in [5.41, 5.74) is 2.51. The second kappa shape index (κ2) is 8.88. The van der Waals surface area contributed by atoms with Crippen molar-refractivity contribution in [3.05, 3.63) is 53.0 Å². The van der Waals surface area contributed by atoms with Crippen LogP contribution in [-0.4, -0.2) is 62.8 Å². The monoisotopic (exact) mass is 466 g/mol. The van der Waals surface area contributed by atoms with E-state index >= 15 is 4.39 Å². The molecule has 3 unspecified atom stereocenters. The average Bonchev–Trinajstić information content (AvgIpc) is 3.13. The summed E-state index contributed by atoms with van der Waals surface area (Å²) in [5, 5.41) is 12.3. The van der Waals surface area contributed by atoms with E-state index in [2.05, 4.69) is 15.2 Å². The van der Waals surface area contributed by atoms with Crippen molar-refractivity contribution in [1.29, 1.82) is 0 Å². The first-order valence-electron chi connectivity index (χ1n) is 11.6. The largest absolute Gasteiger partial charge is 0.393 e. The fraction of sp³-hybridized carbons (Fsp3) is 0.440. The molecule has 9 heteroatoms. The number of imide groups is 1. The molecule has 34 heavy (non-hydrogen) atoms. The number of halogens is 1. The van der Waals surface area contributed by atoms with Crippen LogP contribution in [0.15, 0.2) is 30.5 Å². The summed E-state index contributed by atoms with van der Waals surface area (Å²) in [5.74, 6) is -1.31. The smallest absolute Gasteiger partial charge is 0.255 e. The number of nitrogens with zero attached hydrogens (tertiary/aromatic N) is 3. The Kier molecular flexibility index (Phi) is 5.91. The first kappa shape index (κ1) is 22.6. The number of aromatic nitrogens is 1. The maximum absolute atomic E-state index is 15.5. The van der Waals surface area contributed by atoms with E-state index in [1.54, 1.807) is 30.5 Å². The van der Waals surface area contributed by atoms with Gasteiger partial charge in [0.25, 0.3) is 5.91 Å². The predicted octanol–water partition coefficient (Wildman–Crippen LogP) is 1.85. The fourth-order valence-corrected chi connectivity index (χ4v) is 5.13. The summed E-state index contributed by atoms with van der Waals surface area (Å²) in [7, 11) is 0. The van der Waals surface area contributed by atoms with Crippen LogP contribution in [0.5, 0.6) is 0 Å². The predicted molar refractivity (Wildman–Crippen MR) is 121 cm³/mol. The SMILES string of the molecule is CC1CN(Cc2ccnc(-c3ccc4c(c3)CN(C3CCC(=O)NC3=O)C4=O)c2F)CCC1O. The van der Waals surface area contributed by atoms with Gasteiger partial charge in [0.15, 0.2) is 5.82 Å². The number of aliphatic hydroxyl groups excluding tert-OH is 1. The third kappa shape index (κ3) is 4.10. The summed E-state index contributed by atoms with van der Waals surface area (Å²) in [6.45, 7) is 4.07. The molecule has 8 nitrogen and oxygen atoms in total. The van der Waals surface area contributed by atoms with E-state index in [0.717, 1.165) is 0 Å². The lowest BCUT2D eigenvalue weighted by molar-refractivity contribution is -0.136. The number of pyridine rings is 1. The van der Waals surface area contributed by atoms with E-state index in [1.807, 2.05) is 6.92 Å². The Bertz CT molecular complexity index is 1170. The minimum atomic E-state index is -0.690. The maximum Gasteiger partial charge on any atom is 0.255 e. The van der Waals surface area contributed by atoms with E-state index in [0.29, 0.717) is 54.7 Å². The number of amides is 3. The Morgan fingerprint density at radius 1 is 1.21 bits per heavy atom. The number of carbonyl (C=O) groups is 3. The Morgan fingerprint density at radius 2 is 2.03 bits per heavy atom. The van der Waals surface area contributed by atoms with E-state index in [9.17, 15) is 19.5 Å². The van der Waals surface area contributed by atoms with Gasteiger partial charge in [-0.1, -0.05) is 13.0 Å². The normalized spacial score (nSPS) is 25.4. The number of aliphatic hydroxyl groups is 1. The fourth-order valence-electron chi connectivity index (χ4n) is 5.13. The van der Waals surface area contributed by atoms with E-state index < -0.39 is 17.8 Å². The molecule has 0 saturated carbocycles. The molecule has 3 atom stereocenters. The molecule has 178 valence electrons. The summed E-state index contributed by atoms with van der Waals surface area (Å²) in [4.78, 5) is 44.5. The minimum absolute atomic E-state index is 0.139. The first-order chi connectivity index (χ1) is 16.3. The van der Waals surface area contributed by atoms with Crippen LogP contribution in [0.4, 0.5) is 4.39 Å². The molecular formula is C25H27FN4O4. The van der Waals surface area contributed by atoms with Crippen LogP contribution in [-0.2, 0) is 22.7 Å². The Morgan fingerprint density at radius 3 is 2.79 bits per heavy atom. The molecule has 3 aliphatic rings. The summed E-state index contributed by atoms with van der Waals surface area (Å²) < 4.78 is 15.5. The zero-order valence-electron chi connectivity index (χ0n) is 19.0. The second-order valence-electron chi connectivity index (χ2n) is 9.47. The van der Waals surface area contributed by atoms with Crippen LogP contribution >= 0.6 is 0 Å². The number of benzene rings is 1. The van der Waals surface area contributed by atoms with Gasteiger partial charge in [0.2, 0.25) is 11.8 Å². The molecule has 5 rings (SSSR count). The van der Waals surface area contributed by atoms with Crippen LogP contribution in [0.1, 0.15) is 47.7 Å². The standard InChI is InChI=1S/C25H27FN4O4/c1-14-11-29(9-7-20(14)31)12-16-6-8-27-23(22(16)26)15-2-3-18-17(10-15)13-30(25(18)34)19-4-5-21(32)28-24(19)33/h2-3,6,8,10,14,19-20,31H,4-5,7,9,11-13H2,1H3,(H,28,32,33). The number of rotatable bonds is 4. The van der Waals surface area contributed by atoms with Crippen LogP contribution < -0.4 is 5.32 Å². The zero-order chi connectivity index (χ0) is 24.0. The van der Waals surface area contributed by atoms with Crippen molar-refractivity contribution in [3.8, 4) is 11.3 Å². The van der Waals surface area contributed by atoms with Crippen molar-refractivity contribution >= 4 is 17.7 Å². The van der Waals surface area contributed by atoms with Crippen LogP contribution in [0.3, 0.4) is 0 Å².